The lowest BCUT2D eigenvalue weighted by Crippen LogP contribution is -2.37. The van der Waals surface area contributed by atoms with E-state index < -0.39 is 6.10 Å². The number of rotatable bonds is 9. The number of amides is 1. The lowest BCUT2D eigenvalue weighted by molar-refractivity contribution is 0.0862. The van der Waals surface area contributed by atoms with Crippen molar-refractivity contribution in [3.63, 3.8) is 0 Å². The fourth-order valence-corrected chi connectivity index (χ4v) is 2.30. The summed E-state index contributed by atoms with van der Waals surface area (Å²) in [7, 11) is 3.69. The van der Waals surface area contributed by atoms with Gasteiger partial charge in [0.05, 0.1) is 6.10 Å². The highest BCUT2D eigenvalue weighted by Gasteiger charge is 2.13. The molecule has 0 saturated heterocycles. The third-order valence-electron chi connectivity index (χ3n) is 3.60. The number of hydrogen-bond donors (Lipinski definition) is 2. The molecule has 0 bridgehead atoms. The largest absolute Gasteiger partial charge is 0.486 e. The molecule has 140 valence electrons. The maximum absolute atomic E-state index is 12.0. The number of hydrogen-bond acceptors (Lipinski definition) is 6. The van der Waals surface area contributed by atoms with E-state index in [0.29, 0.717) is 23.6 Å². The van der Waals surface area contributed by atoms with Crippen LogP contribution in [0.3, 0.4) is 0 Å². The first-order valence-corrected chi connectivity index (χ1v) is 8.28. The van der Waals surface area contributed by atoms with Gasteiger partial charge in [0.15, 0.2) is 11.5 Å². The van der Waals surface area contributed by atoms with E-state index >= 15 is 0 Å². The Morgan fingerprint density at radius 3 is 2.50 bits per heavy atom. The summed E-state index contributed by atoms with van der Waals surface area (Å²) in [5.74, 6) is 0.866. The number of nitrogens with zero attached hydrogens (tertiary/aromatic N) is 1. The van der Waals surface area contributed by atoms with Crippen molar-refractivity contribution >= 4 is 11.7 Å². The Labute approximate surface area is 152 Å². The average Bonchev–Trinajstić information content (AvgIpc) is 3.06. The average molecular weight is 360 g/mol. The van der Waals surface area contributed by atoms with E-state index in [2.05, 4.69) is 5.32 Å². The first-order valence-electron chi connectivity index (χ1n) is 8.28. The topological polar surface area (TPSA) is 92.0 Å². The molecule has 1 amide bonds. The van der Waals surface area contributed by atoms with Crippen LogP contribution < -0.4 is 10.1 Å². The minimum absolute atomic E-state index is 0.00561. The normalized spacial score (nSPS) is 12.0. The van der Waals surface area contributed by atoms with Gasteiger partial charge in [-0.2, -0.15) is 0 Å². The summed E-state index contributed by atoms with van der Waals surface area (Å²) in [6, 6.07) is 10.0. The van der Waals surface area contributed by atoms with E-state index in [-0.39, 0.29) is 30.6 Å². The van der Waals surface area contributed by atoms with Gasteiger partial charge in [-0.25, -0.2) is 0 Å². The first-order chi connectivity index (χ1) is 12.3. The zero-order valence-electron chi connectivity index (χ0n) is 15.2. The Balaban J connectivity index is 1.83. The molecule has 1 atom stereocenters. The maximum atomic E-state index is 12.0. The van der Waals surface area contributed by atoms with Crippen LogP contribution in [-0.4, -0.2) is 55.0 Å². The van der Waals surface area contributed by atoms with Gasteiger partial charge in [0, 0.05) is 18.7 Å². The second kappa shape index (κ2) is 9.17. The van der Waals surface area contributed by atoms with Gasteiger partial charge in [-0.3, -0.25) is 9.59 Å². The van der Waals surface area contributed by atoms with Crippen molar-refractivity contribution in [3.8, 4) is 5.75 Å². The van der Waals surface area contributed by atoms with E-state index in [1.54, 1.807) is 36.4 Å². The quantitative estimate of drug-likeness (QED) is 0.662. The number of Topliss-reactive ketones (excluding diaryl/α,β-unsaturated/α-hetero) is 1. The third-order valence-corrected chi connectivity index (χ3v) is 3.60. The molecule has 0 saturated carbocycles. The van der Waals surface area contributed by atoms with Crippen molar-refractivity contribution in [1.82, 2.24) is 10.2 Å². The molecule has 1 aromatic heterocycles. The highest BCUT2D eigenvalue weighted by atomic mass is 16.5. The molecule has 0 spiro atoms. The Bertz CT molecular complexity index is 737. The number of ether oxygens (including phenoxy) is 1. The fourth-order valence-electron chi connectivity index (χ4n) is 2.30. The van der Waals surface area contributed by atoms with E-state index in [0.717, 1.165) is 0 Å². The molecule has 1 unspecified atom stereocenters. The van der Waals surface area contributed by atoms with Crippen LogP contribution in [0, 0.1) is 0 Å². The molecule has 2 N–H and O–H groups in total. The van der Waals surface area contributed by atoms with Crippen LogP contribution in [0.1, 0.15) is 33.6 Å². The summed E-state index contributed by atoms with van der Waals surface area (Å²) < 4.78 is 11.0. The zero-order chi connectivity index (χ0) is 19.1. The predicted octanol–water partition coefficient (Wildman–Crippen LogP) is 1.71. The minimum Gasteiger partial charge on any atom is -0.486 e. The second-order valence-corrected chi connectivity index (χ2v) is 6.26. The smallest absolute Gasteiger partial charge is 0.287 e. The van der Waals surface area contributed by atoms with Crippen LogP contribution in [0.4, 0.5) is 0 Å². The van der Waals surface area contributed by atoms with Crippen molar-refractivity contribution < 1.29 is 23.8 Å². The molecule has 0 aliphatic rings. The predicted molar refractivity (Wildman–Crippen MR) is 96.4 cm³/mol. The Morgan fingerprint density at radius 2 is 1.88 bits per heavy atom. The molecule has 0 fully saturated rings. The van der Waals surface area contributed by atoms with Gasteiger partial charge < -0.3 is 24.5 Å². The molecule has 0 aliphatic heterocycles. The highest BCUT2D eigenvalue weighted by Crippen LogP contribution is 2.16. The molecular formula is C19H24N2O5. The number of carbonyl (C=O) groups excluding carboxylic acids is 2. The van der Waals surface area contributed by atoms with Crippen LogP contribution in [0.5, 0.6) is 5.75 Å². The van der Waals surface area contributed by atoms with Gasteiger partial charge in [0.1, 0.15) is 18.1 Å². The fraction of sp³-hybridized carbons (Fsp3) is 0.368. The van der Waals surface area contributed by atoms with Crippen LogP contribution in [0.25, 0.3) is 0 Å². The summed E-state index contributed by atoms with van der Waals surface area (Å²) >= 11 is 0. The van der Waals surface area contributed by atoms with Crippen LogP contribution in [0.15, 0.2) is 40.8 Å². The molecule has 2 rings (SSSR count). The molecule has 0 aliphatic carbocycles. The number of ketones is 1. The Hall–Kier alpha value is -2.64. The summed E-state index contributed by atoms with van der Waals surface area (Å²) in [6.07, 6.45) is -0.648. The summed E-state index contributed by atoms with van der Waals surface area (Å²) in [4.78, 5) is 25.1. The number of likely N-dealkylation sites (N-methyl/N-ethyl adjacent to an activating group) is 1. The number of benzene rings is 1. The van der Waals surface area contributed by atoms with Crippen molar-refractivity contribution in [3.05, 3.63) is 53.5 Å². The Morgan fingerprint density at radius 1 is 1.19 bits per heavy atom. The van der Waals surface area contributed by atoms with Crippen LogP contribution >= 0.6 is 0 Å². The Kier molecular flexibility index (Phi) is 6.94. The monoisotopic (exact) mass is 360 g/mol. The first kappa shape index (κ1) is 19.7. The van der Waals surface area contributed by atoms with Crippen LogP contribution in [0.2, 0.25) is 0 Å². The number of furan rings is 1. The molecular weight excluding hydrogens is 336 g/mol. The van der Waals surface area contributed by atoms with E-state index in [1.165, 1.54) is 6.92 Å². The van der Waals surface area contributed by atoms with Gasteiger partial charge >= 0.3 is 0 Å². The lowest BCUT2D eigenvalue weighted by atomic mass is 10.1. The number of aliphatic hydroxyl groups is 1. The van der Waals surface area contributed by atoms with Gasteiger partial charge in [0.25, 0.3) is 5.91 Å². The van der Waals surface area contributed by atoms with Crippen molar-refractivity contribution in [1.29, 1.82) is 0 Å². The summed E-state index contributed by atoms with van der Waals surface area (Å²) in [5.41, 5.74) is 0.616. The van der Waals surface area contributed by atoms with Crippen molar-refractivity contribution in [2.24, 2.45) is 0 Å². The van der Waals surface area contributed by atoms with Gasteiger partial charge in [0.2, 0.25) is 0 Å². The highest BCUT2D eigenvalue weighted by molar-refractivity contribution is 5.94. The second-order valence-electron chi connectivity index (χ2n) is 6.26. The van der Waals surface area contributed by atoms with E-state index in [4.69, 9.17) is 9.15 Å². The SMILES string of the molecule is CC(=O)c1ccc(OCc2ccc(C(=O)NCC(O)CN(C)C)o2)cc1. The summed E-state index contributed by atoms with van der Waals surface area (Å²) in [5, 5.41) is 12.4. The molecule has 0 radical (unpaired) electrons. The molecule has 7 nitrogen and oxygen atoms in total. The minimum atomic E-state index is -0.648. The summed E-state index contributed by atoms with van der Waals surface area (Å²) in [6.45, 7) is 2.27. The van der Waals surface area contributed by atoms with Crippen molar-refractivity contribution in [2.45, 2.75) is 19.6 Å². The number of carbonyl (C=O) groups is 2. The van der Waals surface area contributed by atoms with E-state index in [9.17, 15) is 14.7 Å². The van der Waals surface area contributed by atoms with Gasteiger partial charge in [-0.1, -0.05) is 0 Å². The molecule has 26 heavy (non-hydrogen) atoms. The lowest BCUT2D eigenvalue weighted by Gasteiger charge is -2.15. The van der Waals surface area contributed by atoms with Crippen molar-refractivity contribution in [2.75, 3.05) is 27.2 Å². The number of nitrogens with one attached hydrogen (secondary N) is 1. The zero-order valence-corrected chi connectivity index (χ0v) is 15.2. The number of aliphatic hydroxyl groups excluding tert-OH is 1. The maximum Gasteiger partial charge on any atom is 0.287 e. The molecule has 2 aromatic rings. The van der Waals surface area contributed by atoms with Gasteiger partial charge in [-0.05, 0) is 57.4 Å². The molecule has 7 heteroatoms. The molecule has 1 aromatic carbocycles. The van der Waals surface area contributed by atoms with E-state index in [1.807, 2.05) is 19.0 Å². The van der Waals surface area contributed by atoms with Gasteiger partial charge in [-0.15, -0.1) is 0 Å². The van der Waals surface area contributed by atoms with Crippen LogP contribution in [-0.2, 0) is 6.61 Å². The molecule has 1 heterocycles. The standard InChI is InChI=1S/C19H24N2O5/c1-13(22)14-4-6-16(7-5-14)25-12-17-8-9-18(26-17)19(24)20-10-15(23)11-21(2)3/h4-9,15,23H,10-12H2,1-3H3,(H,20,24). The third kappa shape index (κ3) is 6.02.